The first-order valence-corrected chi connectivity index (χ1v) is 9.52. The molecule has 112 valence electrons. The Morgan fingerprint density at radius 1 is 1.05 bits per heavy atom. The van der Waals surface area contributed by atoms with Gasteiger partial charge in [0, 0.05) is 6.04 Å². The molecule has 2 fully saturated rings. The van der Waals surface area contributed by atoms with Gasteiger partial charge in [0.1, 0.15) is 0 Å². The van der Waals surface area contributed by atoms with Gasteiger partial charge in [-0.2, -0.15) is 0 Å². The molecule has 2 aliphatic rings. The highest BCUT2D eigenvalue weighted by atomic mass is 32.2. The van der Waals surface area contributed by atoms with Gasteiger partial charge in [0.15, 0.2) is 9.84 Å². The molecule has 1 aliphatic heterocycles. The maximum atomic E-state index is 11.4. The van der Waals surface area contributed by atoms with Crippen molar-refractivity contribution in [1.29, 1.82) is 0 Å². The van der Waals surface area contributed by atoms with E-state index in [1.807, 2.05) is 0 Å². The molecule has 1 saturated carbocycles. The van der Waals surface area contributed by atoms with Crippen LogP contribution in [0.3, 0.4) is 0 Å². The van der Waals surface area contributed by atoms with Gasteiger partial charge >= 0.3 is 0 Å². The second-order valence-corrected chi connectivity index (χ2v) is 9.82. The van der Waals surface area contributed by atoms with Crippen LogP contribution in [0.5, 0.6) is 0 Å². The minimum absolute atomic E-state index is 0.352. The first-order chi connectivity index (χ1) is 8.76. The first-order valence-electron chi connectivity index (χ1n) is 7.70. The van der Waals surface area contributed by atoms with Crippen LogP contribution in [-0.2, 0) is 9.84 Å². The molecule has 1 aliphatic carbocycles. The molecule has 1 N–H and O–H groups in total. The minimum atomic E-state index is -2.72. The summed E-state index contributed by atoms with van der Waals surface area (Å²) in [6.45, 7) is 7.92. The quantitative estimate of drug-likeness (QED) is 0.868. The molecule has 0 aromatic heterocycles. The Balaban J connectivity index is 1.69. The number of rotatable bonds is 3. The van der Waals surface area contributed by atoms with E-state index in [4.69, 9.17) is 0 Å². The van der Waals surface area contributed by atoms with Gasteiger partial charge in [-0.15, -0.1) is 0 Å². The fourth-order valence-electron chi connectivity index (χ4n) is 3.53. The van der Waals surface area contributed by atoms with Crippen LogP contribution >= 0.6 is 0 Å². The lowest BCUT2D eigenvalue weighted by Crippen LogP contribution is -2.38. The van der Waals surface area contributed by atoms with E-state index >= 15 is 0 Å². The van der Waals surface area contributed by atoms with Crippen LogP contribution in [0.2, 0.25) is 0 Å². The molecule has 0 amide bonds. The molecule has 4 heteroatoms. The van der Waals surface area contributed by atoms with Crippen molar-refractivity contribution in [1.82, 2.24) is 5.32 Å². The molecule has 1 heterocycles. The summed E-state index contributed by atoms with van der Waals surface area (Å²) in [4.78, 5) is 0. The average Bonchev–Trinajstić information content (AvgIpc) is 2.66. The molecule has 19 heavy (non-hydrogen) atoms. The molecular formula is C15H29NO2S. The van der Waals surface area contributed by atoms with E-state index in [0.29, 0.717) is 28.9 Å². The zero-order valence-electron chi connectivity index (χ0n) is 12.6. The molecule has 3 nitrogen and oxygen atoms in total. The maximum Gasteiger partial charge on any atom is 0.150 e. The minimum Gasteiger partial charge on any atom is -0.314 e. The van der Waals surface area contributed by atoms with Gasteiger partial charge < -0.3 is 5.32 Å². The fraction of sp³-hybridized carbons (Fsp3) is 1.00. The van der Waals surface area contributed by atoms with Gasteiger partial charge in [-0.05, 0) is 55.9 Å². The highest BCUT2D eigenvalue weighted by Gasteiger charge is 2.31. The standard InChI is InChI=1S/C15H29NO2S/c1-15(2,3)13-4-6-14(7-5-13)16-10-12-8-9-19(17,18)11-12/h12-14,16H,4-11H2,1-3H3. The van der Waals surface area contributed by atoms with Gasteiger partial charge in [0.05, 0.1) is 11.5 Å². The van der Waals surface area contributed by atoms with E-state index in [1.165, 1.54) is 25.7 Å². The van der Waals surface area contributed by atoms with Crippen molar-refractivity contribution in [2.75, 3.05) is 18.1 Å². The number of hydrogen-bond donors (Lipinski definition) is 1. The Labute approximate surface area is 118 Å². The lowest BCUT2D eigenvalue weighted by Gasteiger charge is -2.37. The second kappa shape index (κ2) is 5.72. The topological polar surface area (TPSA) is 46.2 Å². The summed E-state index contributed by atoms with van der Waals surface area (Å²) < 4.78 is 22.8. The summed E-state index contributed by atoms with van der Waals surface area (Å²) in [6.07, 6.45) is 5.98. The molecule has 1 unspecified atom stereocenters. The Morgan fingerprint density at radius 2 is 1.68 bits per heavy atom. The van der Waals surface area contributed by atoms with Crippen molar-refractivity contribution < 1.29 is 8.42 Å². The summed E-state index contributed by atoms with van der Waals surface area (Å²) in [5, 5.41) is 3.61. The zero-order chi connectivity index (χ0) is 14.1. The molecule has 1 saturated heterocycles. The second-order valence-electron chi connectivity index (χ2n) is 7.59. The smallest absolute Gasteiger partial charge is 0.150 e. The molecule has 1 atom stereocenters. The highest BCUT2D eigenvalue weighted by Crippen LogP contribution is 2.37. The maximum absolute atomic E-state index is 11.4. The molecule has 0 aromatic carbocycles. The lowest BCUT2D eigenvalue weighted by atomic mass is 9.71. The van der Waals surface area contributed by atoms with E-state index in [2.05, 4.69) is 26.1 Å². The third kappa shape index (κ3) is 4.45. The van der Waals surface area contributed by atoms with Crippen LogP contribution in [0.15, 0.2) is 0 Å². The molecule has 0 radical (unpaired) electrons. The largest absolute Gasteiger partial charge is 0.314 e. The van der Waals surface area contributed by atoms with E-state index in [1.54, 1.807) is 0 Å². The van der Waals surface area contributed by atoms with E-state index < -0.39 is 9.84 Å². The van der Waals surface area contributed by atoms with Crippen molar-refractivity contribution in [3.05, 3.63) is 0 Å². The van der Waals surface area contributed by atoms with Gasteiger partial charge in [-0.25, -0.2) is 8.42 Å². The van der Waals surface area contributed by atoms with Crippen LogP contribution in [0.25, 0.3) is 0 Å². The van der Waals surface area contributed by atoms with Gasteiger partial charge in [0.25, 0.3) is 0 Å². The van der Waals surface area contributed by atoms with Crippen molar-refractivity contribution in [2.45, 2.75) is 58.9 Å². The number of hydrogen-bond acceptors (Lipinski definition) is 3. The Kier molecular flexibility index (Phi) is 4.61. The van der Waals surface area contributed by atoms with Crippen molar-refractivity contribution in [3.63, 3.8) is 0 Å². The van der Waals surface area contributed by atoms with Crippen LogP contribution in [0, 0.1) is 17.3 Å². The summed E-state index contributed by atoms with van der Waals surface area (Å²) in [5.74, 6) is 2.00. The van der Waals surface area contributed by atoms with Gasteiger partial charge in [-0.1, -0.05) is 20.8 Å². The van der Waals surface area contributed by atoms with Gasteiger partial charge in [-0.3, -0.25) is 0 Å². The SMILES string of the molecule is CC(C)(C)C1CCC(NCC2CCS(=O)(=O)C2)CC1. The lowest BCUT2D eigenvalue weighted by molar-refractivity contribution is 0.159. The van der Waals surface area contributed by atoms with E-state index in [0.717, 1.165) is 18.9 Å². The van der Waals surface area contributed by atoms with Crippen molar-refractivity contribution in [2.24, 2.45) is 17.3 Å². The average molecular weight is 287 g/mol. The number of sulfone groups is 1. The predicted octanol–water partition coefficient (Wildman–Crippen LogP) is 2.62. The Bertz CT molecular complexity index is 389. The Hall–Kier alpha value is -0.0900. The fourth-order valence-corrected chi connectivity index (χ4v) is 5.39. The molecular weight excluding hydrogens is 258 g/mol. The third-order valence-corrected chi connectivity index (χ3v) is 6.81. The molecule has 2 rings (SSSR count). The first kappa shape index (κ1) is 15.3. The third-order valence-electron chi connectivity index (χ3n) is 4.97. The van der Waals surface area contributed by atoms with E-state index in [-0.39, 0.29) is 0 Å². The summed E-state index contributed by atoms with van der Waals surface area (Å²) in [7, 11) is -2.72. The zero-order valence-corrected chi connectivity index (χ0v) is 13.4. The molecule has 0 spiro atoms. The molecule has 0 bridgehead atoms. The number of nitrogens with one attached hydrogen (secondary N) is 1. The Morgan fingerprint density at radius 3 is 2.16 bits per heavy atom. The normalized spacial score (nSPS) is 35.4. The predicted molar refractivity (Wildman–Crippen MR) is 80.0 cm³/mol. The van der Waals surface area contributed by atoms with Crippen LogP contribution in [0.4, 0.5) is 0 Å². The van der Waals surface area contributed by atoms with Crippen molar-refractivity contribution >= 4 is 9.84 Å². The van der Waals surface area contributed by atoms with Crippen molar-refractivity contribution in [3.8, 4) is 0 Å². The highest BCUT2D eigenvalue weighted by molar-refractivity contribution is 7.91. The molecule has 0 aromatic rings. The van der Waals surface area contributed by atoms with E-state index in [9.17, 15) is 8.42 Å². The van der Waals surface area contributed by atoms with Gasteiger partial charge in [0.2, 0.25) is 0 Å². The summed E-state index contributed by atoms with van der Waals surface area (Å²) in [5.41, 5.74) is 0.435. The van der Waals surface area contributed by atoms with Crippen LogP contribution < -0.4 is 5.32 Å². The summed E-state index contributed by atoms with van der Waals surface area (Å²) >= 11 is 0. The van der Waals surface area contributed by atoms with Crippen LogP contribution in [0.1, 0.15) is 52.9 Å². The summed E-state index contributed by atoms with van der Waals surface area (Å²) in [6, 6.07) is 0.613. The monoisotopic (exact) mass is 287 g/mol. The van der Waals surface area contributed by atoms with Crippen LogP contribution in [-0.4, -0.2) is 32.5 Å².